The molecule has 1 amide bonds. The summed E-state index contributed by atoms with van der Waals surface area (Å²) in [4.78, 5) is 27.0. The Morgan fingerprint density at radius 3 is 3.06 bits per heavy atom. The van der Waals surface area contributed by atoms with Crippen LogP contribution in [0.5, 0.6) is 0 Å². The molecule has 0 aliphatic rings. The van der Waals surface area contributed by atoms with E-state index >= 15 is 0 Å². The smallest absolute Gasteiger partial charge is 0.258 e. The summed E-state index contributed by atoms with van der Waals surface area (Å²) in [5.74, 6) is -0.437. The minimum absolute atomic E-state index is 0.149. The predicted octanol–water partition coefficient (Wildman–Crippen LogP) is -0.342. The minimum Gasteiger partial charge on any atom is -0.368 e. The van der Waals surface area contributed by atoms with Gasteiger partial charge in [-0.05, 0) is 19.1 Å². The highest BCUT2D eigenvalue weighted by Crippen LogP contribution is 1.98. The van der Waals surface area contributed by atoms with Crippen LogP contribution in [-0.2, 0) is 11.3 Å². The third-order valence-corrected chi connectivity index (χ3v) is 2.64. The number of fused-ring (bicyclic) bond motifs is 1. The van der Waals surface area contributed by atoms with E-state index in [4.69, 9.17) is 5.73 Å². The van der Waals surface area contributed by atoms with E-state index in [0.717, 1.165) is 0 Å². The molecule has 2 aromatic rings. The summed E-state index contributed by atoms with van der Waals surface area (Å²) >= 11 is 0. The van der Waals surface area contributed by atoms with Gasteiger partial charge in [0.05, 0.1) is 11.7 Å². The Bertz CT molecular complexity index is 635. The van der Waals surface area contributed by atoms with Crippen molar-refractivity contribution in [1.29, 1.82) is 0 Å². The van der Waals surface area contributed by atoms with Crippen molar-refractivity contribution < 1.29 is 4.79 Å². The molecule has 0 saturated carbocycles. The Hall–Kier alpha value is -2.21. The van der Waals surface area contributed by atoms with Gasteiger partial charge in [0.1, 0.15) is 5.65 Å². The van der Waals surface area contributed by atoms with E-state index in [9.17, 15) is 9.59 Å². The van der Waals surface area contributed by atoms with Gasteiger partial charge in [0.25, 0.3) is 5.56 Å². The largest absolute Gasteiger partial charge is 0.368 e. The molecule has 0 aliphatic carbocycles. The molecule has 2 aromatic heterocycles. The van der Waals surface area contributed by atoms with Crippen molar-refractivity contribution in [3.63, 3.8) is 0 Å². The Balaban J connectivity index is 2.25. The average molecular weight is 246 g/mol. The van der Waals surface area contributed by atoms with Crippen molar-refractivity contribution in [2.45, 2.75) is 19.5 Å². The number of amides is 1. The van der Waals surface area contributed by atoms with Gasteiger partial charge in [-0.15, -0.1) is 0 Å². The van der Waals surface area contributed by atoms with Crippen molar-refractivity contribution in [3.8, 4) is 0 Å². The molecule has 94 valence electrons. The number of nitrogens with one attached hydrogen (secondary N) is 1. The van der Waals surface area contributed by atoms with Gasteiger partial charge in [0.15, 0.2) is 0 Å². The topological polar surface area (TPSA) is 89.5 Å². The third kappa shape index (κ3) is 2.54. The first-order valence-corrected chi connectivity index (χ1v) is 5.58. The SMILES string of the molecule is CC(NCc1cc(=O)n2ccccc2n1)C(N)=O. The van der Waals surface area contributed by atoms with Crippen LogP contribution in [0.1, 0.15) is 12.6 Å². The lowest BCUT2D eigenvalue weighted by Gasteiger charge is -2.09. The van der Waals surface area contributed by atoms with Gasteiger partial charge >= 0.3 is 0 Å². The highest BCUT2D eigenvalue weighted by molar-refractivity contribution is 5.79. The summed E-state index contributed by atoms with van der Waals surface area (Å²) < 4.78 is 1.46. The Labute approximate surface area is 103 Å². The van der Waals surface area contributed by atoms with E-state index in [-0.39, 0.29) is 5.56 Å². The van der Waals surface area contributed by atoms with Crippen LogP contribution in [0.15, 0.2) is 35.3 Å². The zero-order chi connectivity index (χ0) is 13.1. The van der Waals surface area contributed by atoms with Crippen molar-refractivity contribution in [2.75, 3.05) is 0 Å². The molecule has 0 saturated heterocycles. The summed E-state index contributed by atoms with van der Waals surface area (Å²) in [6.45, 7) is 1.99. The fourth-order valence-electron chi connectivity index (χ4n) is 1.55. The summed E-state index contributed by atoms with van der Waals surface area (Å²) in [5.41, 5.74) is 6.14. The first-order chi connectivity index (χ1) is 8.58. The Morgan fingerprint density at radius 1 is 1.56 bits per heavy atom. The maximum atomic E-state index is 11.8. The van der Waals surface area contributed by atoms with Gasteiger partial charge in [-0.3, -0.25) is 14.0 Å². The molecule has 6 nitrogen and oxygen atoms in total. The van der Waals surface area contributed by atoms with E-state index in [0.29, 0.717) is 17.9 Å². The summed E-state index contributed by atoms with van der Waals surface area (Å²) in [5, 5.41) is 2.91. The van der Waals surface area contributed by atoms with Crippen LogP contribution in [0.4, 0.5) is 0 Å². The monoisotopic (exact) mass is 246 g/mol. The van der Waals surface area contributed by atoms with Gasteiger partial charge in [-0.2, -0.15) is 0 Å². The quantitative estimate of drug-likeness (QED) is 0.772. The second-order valence-electron chi connectivity index (χ2n) is 4.02. The first-order valence-electron chi connectivity index (χ1n) is 5.58. The molecule has 2 heterocycles. The molecule has 1 atom stereocenters. The lowest BCUT2D eigenvalue weighted by molar-refractivity contribution is -0.119. The normalized spacial score (nSPS) is 12.5. The average Bonchev–Trinajstić information content (AvgIpc) is 2.36. The van der Waals surface area contributed by atoms with Crippen LogP contribution >= 0.6 is 0 Å². The molecule has 0 bridgehead atoms. The van der Waals surface area contributed by atoms with E-state index in [1.165, 1.54) is 10.5 Å². The number of rotatable bonds is 4. The summed E-state index contributed by atoms with van der Waals surface area (Å²) in [6.07, 6.45) is 1.66. The van der Waals surface area contributed by atoms with Crippen molar-refractivity contribution >= 4 is 11.6 Å². The minimum atomic E-state index is -0.457. The number of nitrogens with zero attached hydrogens (tertiary/aromatic N) is 2. The van der Waals surface area contributed by atoms with Crippen LogP contribution in [0, 0.1) is 0 Å². The number of hydrogen-bond donors (Lipinski definition) is 2. The maximum absolute atomic E-state index is 11.8. The van der Waals surface area contributed by atoms with Crippen molar-refractivity contribution in [1.82, 2.24) is 14.7 Å². The standard InChI is InChI=1S/C12H14N4O2/c1-8(12(13)18)14-7-9-6-11(17)16-5-3-2-4-10(16)15-9/h2-6,8,14H,7H2,1H3,(H2,13,18). The lowest BCUT2D eigenvalue weighted by Crippen LogP contribution is -2.38. The van der Waals surface area contributed by atoms with Crippen LogP contribution in [0.2, 0.25) is 0 Å². The van der Waals surface area contributed by atoms with Crippen LogP contribution in [-0.4, -0.2) is 21.3 Å². The van der Waals surface area contributed by atoms with Gasteiger partial charge in [0, 0.05) is 18.8 Å². The van der Waals surface area contributed by atoms with Gasteiger partial charge in [-0.25, -0.2) is 4.98 Å². The summed E-state index contributed by atoms with van der Waals surface area (Å²) in [6, 6.07) is 6.31. The molecule has 0 aromatic carbocycles. The number of hydrogen-bond acceptors (Lipinski definition) is 4. The number of carbonyl (C=O) groups is 1. The Kier molecular flexibility index (Phi) is 3.38. The molecule has 0 radical (unpaired) electrons. The van der Waals surface area contributed by atoms with Gasteiger partial charge in [0.2, 0.25) is 5.91 Å². The zero-order valence-corrected chi connectivity index (χ0v) is 9.96. The number of carbonyl (C=O) groups excluding carboxylic acids is 1. The third-order valence-electron chi connectivity index (χ3n) is 2.64. The van der Waals surface area contributed by atoms with Crippen LogP contribution in [0.25, 0.3) is 5.65 Å². The van der Waals surface area contributed by atoms with Crippen LogP contribution < -0.4 is 16.6 Å². The van der Waals surface area contributed by atoms with Crippen molar-refractivity contribution in [3.05, 3.63) is 46.5 Å². The van der Waals surface area contributed by atoms with E-state index in [2.05, 4.69) is 10.3 Å². The lowest BCUT2D eigenvalue weighted by atomic mass is 10.3. The van der Waals surface area contributed by atoms with Crippen LogP contribution in [0.3, 0.4) is 0 Å². The number of aromatic nitrogens is 2. The number of primary amides is 1. The highest BCUT2D eigenvalue weighted by atomic mass is 16.1. The molecular formula is C12H14N4O2. The molecule has 18 heavy (non-hydrogen) atoms. The molecule has 0 aliphatic heterocycles. The molecule has 6 heteroatoms. The van der Waals surface area contributed by atoms with E-state index in [1.807, 2.05) is 6.07 Å². The zero-order valence-electron chi connectivity index (χ0n) is 9.96. The fourth-order valence-corrected chi connectivity index (χ4v) is 1.55. The first kappa shape index (κ1) is 12.3. The second-order valence-corrected chi connectivity index (χ2v) is 4.02. The van der Waals surface area contributed by atoms with Crippen molar-refractivity contribution in [2.24, 2.45) is 5.73 Å². The fraction of sp³-hybridized carbons (Fsp3) is 0.250. The predicted molar refractivity (Wildman–Crippen MR) is 67.0 cm³/mol. The molecule has 3 N–H and O–H groups in total. The molecule has 0 fully saturated rings. The van der Waals surface area contributed by atoms with Gasteiger partial charge < -0.3 is 11.1 Å². The second kappa shape index (κ2) is 4.97. The summed E-state index contributed by atoms with van der Waals surface area (Å²) in [7, 11) is 0. The van der Waals surface area contributed by atoms with E-state index in [1.54, 1.807) is 25.3 Å². The molecular weight excluding hydrogens is 232 g/mol. The molecule has 0 spiro atoms. The highest BCUT2D eigenvalue weighted by Gasteiger charge is 2.08. The molecule has 1 unspecified atom stereocenters. The molecule has 2 rings (SSSR count). The Morgan fingerprint density at radius 2 is 2.33 bits per heavy atom. The maximum Gasteiger partial charge on any atom is 0.258 e. The van der Waals surface area contributed by atoms with E-state index < -0.39 is 11.9 Å². The number of nitrogens with two attached hydrogens (primary N) is 1. The van der Waals surface area contributed by atoms with Gasteiger partial charge in [-0.1, -0.05) is 6.07 Å². The number of pyridine rings is 1.